The van der Waals surface area contributed by atoms with E-state index in [1.807, 2.05) is 0 Å². The molecule has 6 N–H and O–H groups in total. The fourth-order valence-electron chi connectivity index (χ4n) is 4.65. The van der Waals surface area contributed by atoms with Gasteiger partial charge in [-0.3, -0.25) is 0 Å². The molecule has 45 heavy (non-hydrogen) atoms. The topological polar surface area (TPSA) is 94.6 Å². The highest BCUT2D eigenvalue weighted by Gasteiger charge is 2.72. The molecule has 0 aliphatic carbocycles. The molecule has 232 valence electrons. The number of nitrogens with one attached hydrogen (secondary N) is 2. The van der Waals surface area contributed by atoms with Crippen molar-refractivity contribution in [3.8, 4) is 23.0 Å². The average molecular weight is 625 g/mol. The standard InChI is InChI=1S/C33H26F6N4O2/c34-32(35,36)31(33(37,38)39,21-1-13-27(14-2-21)44-29-17-7-24(41)8-18-29)22-3-15-28(16-4-22)45-30-19-11-26(12-20-30)43-42-25-9-5-23(40)6-10-25/h1-20,42-43H,40-41H2. The molecule has 5 rings (SSSR count). The number of hydrogen-bond acceptors (Lipinski definition) is 6. The highest BCUT2D eigenvalue weighted by Crippen LogP contribution is 2.56. The Morgan fingerprint density at radius 1 is 0.400 bits per heavy atom. The van der Waals surface area contributed by atoms with Gasteiger partial charge >= 0.3 is 12.4 Å². The van der Waals surface area contributed by atoms with Crippen molar-refractivity contribution >= 4 is 22.7 Å². The molecule has 0 heterocycles. The summed E-state index contributed by atoms with van der Waals surface area (Å²) in [5.74, 6) is 0.722. The molecule has 5 aromatic rings. The third kappa shape index (κ3) is 6.69. The van der Waals surface area contributed by atoms with Crippen LogP contribution in [0, 0.1) is 0 Å². The van der Waals surface area contributed by atoms with E-state index in [9.17, 15) is 26.3 Å². The van der Waals surface area contributed by atoms with Crippen molar-refractivity contribution < 1.29 is 35.8 Å². The van der Waals surface area contributed by atoms with Crippen LogP contribution in [0.5, 0.6) is 23.0 Å². The molecule has 0 fully saturated rings. The van der Waals surface area contributed by atoms with Crippen LogP contribution in [0.2, 0.25) is 0 Å². The lowest BCUT2D eigenvalue weighted by Gasteiger charge is -2.38. The van der Waals surface area contributed by atoms with Crippen LogP contribution in [0.15, 0.2) is 121 Å². The van der Waals surface area contributed by atoms with E-state index in [2.05, 4.69) is 10.9 Å². The van der Waals surface area contributed by atoms with E-state index >= 15 is 0 Å². The Morgan fingerprint density at radius 3 is 1.00 bits per heavy atom. The zero-order valence-electron chi connectivity index (χ0n) is 23.3. The Hall–Kier alpha value is -5.52. The summed E-state index contributed by atoms with van der Waals surface area (Å²) in [6.45, 7) is 0. The van der Waals surface area contributed by atoms with Crippen molar-refractivity contribution in [2.24, 2.45) is 0 Å². The van der Waals surface area contributed by atoms with Crippen LogP contribution in [0.25, 0.3) is 0 Å². The summed E-state index contributed by atoms with van der Waals surface area (Å²) < 4.78 is 98.8. The molecule has 0 radical (unpaired) electrons. The number of halogens is 6. The molecule has 0 unspecified atom stereocenters. The first-order valence-corrected chi connectivity index (χ1v) is 13.4. The molecule has 0 saturated carbocycles. The number of alkyl halides is 6. The van der Waals surface area contributed by atoms with Gasteiger partial charge in [0, 0.05) is 11.4 Å². The van der Waals surface area contributed by atoms with Gasteiger partial charge in [0.1, 0.15) is 23.0 Å². The van der Waals surface area contributed by atoms with Crippen molar-refractivity contribution in [1.29, 1.82) is 0 Å². The number of anilines is 4. The number of hydrogen-bond donors (Lipinski definition) is 4. The summed E-state index contributed by atoms with van der Waals surface area (Å²) in [6.07, 6.45) is -11.5. The second kappa shape index (κ2) is 12.2. The minimum Gasteiger partial charge on any atom is -0.457 e. The second-order valence-electron chi connectivity index (χ2n) is 9.96. The minimum atomic E-state index is -5.74. The summed E-state index contributed by atoms with van der Waals surface area (Å²) in [4.78, 5) is 0. The van der Waals surface area contributed by atoms with Gasteiger partial charge in [-0.25, -0.2) is 0 Å². The first-order valence-electron chi connectivity index (χ1n) is 13.4. The van der Waals surface area contributed by atoms with Crippen molar-refractivity contribution in [3.63, 3.8) is 0 Å². The summed E-state index contributed by atoms with van der Waals surface area (Å²) >= 11 is 0. The average Bonchev–Trinajstić information content (AvgIpc) is 2.99. The minimum absolute atomic E-state index is 0.0463. The lowest BCUT2D eigenvalue weighted by atomic mass is 9.73. The van der Waals surface area contributed by atoms with E-state index in [4.69, 9.17) is 20.9 Å². The predicted octanol–water partition coefficient (Wildman–Crippen LogP) is 9.29. The monoisotopic (exact) mass is 624 g/mol. The third-order valence-electron chi connectivity index (χ3n) is 6.89. The fourth-order valence-corrected chi connectivity index (χ4v) is 4.65. The highest BCUT2D eigenvalue weighted by atomic mass is 19.4. The van der Waals surface area contributed by atoms with Gasteiger partial charge in [-0.2, -0.15) is 26.3 Å². The van der Waals surface area contributed by atoms with E-state index in [0.29, 0.717) is 28.6 Å². The van der Waals surface area contributed by atoms with Gasteiger partial charge in [0.05, 0.1) is 11.4 Å². The number of benzene rings is 5. The van der Waals surface area contributed by atoms with Crippen molar-refractivity contribution in [3.05, 3.63) is 132 Å². The van der Waals surface area contributed by atoms with E-state index in [1.54, 1.807) is 60.7 Å². The fraction of sp³-hybridized carbons (Fsp3) is 0.0909. The molecule has 0 aliphatic heterocycles. The first-order chi connectivity index (χ1) is 21.3. The van der Waals surface area contributed by atoms with Crippen LogP contribution < -0.4 is 31.8 Å². The maximum absolute atomic E-state index is 14.6. The number of ether oxygens (including phenoxy) is 2. The zero-order valence-corrected chi connectivity index (χ0v) is 23.3. The molecule has 0 bridgehead atoms. The van der Waals surface area contributed by atoms with Crippen LogP contribution in [0.1, 0.15) is 11.1 Å². The summed E-state index contributed by atoms with van der Waals surface area (Å²) in [5.41, 5.74) is 13.4. The van der Waals surface area contributed by atoms with Gasteiger partial charge in [0.2, 0.25) is 5.41 Å². The number of nitrogens with two attached hydrogens (primary N) is 2. The number of nitrogen functional groups attached to an aromatic ring is 2. The normalized spacial score (nSPS) is 12.0. The number of hydrazine groups is 1. The number of rotatable bonds is 9. The highest BCUT2D eigenvalue weighted by molar-refractivity contribution is 5.57. The van der Waals surface area contributed by atoms with E-state index < -0.39 is 28.9 Å². The lowest BCUT2D eigenvalue weighted by molar-refractivity contribution is -0.288. The molecule has 0 atom stereocenters. The molecule has 0 amide bonds. The van der Waals surface area contributed by atoms with Gasteiger partial charge in [0.15, 0.2) is 0 Å². The Kier molecular flexibility index (Phi) is 8.40. The molecule has 0 aromatic heterocycles. The first kappa shape index (κ1) is 30.9. The maximum Gasteiger partial charge on any atom is 0.411 e. The largest absolute Gasteiger partial charge is 0.457 e. The molecular formula is C33H26F6N4O2. The van der Waals surface area contributed by atoms with E-state index in [-0.39, 0.29) is 11.5 Å². The van der Waals surface area contributed by atoms with Crippen LogP contribution in [0.4, 0.5) is 49.1 Å². The van der Waals surface area contributed by atoms with E-state index in [0.717, 1.165) is 54.2 Å². The summed E-state index contributed by atoms with van der Waals surface area (Å²) in [6, 6.07) is 27.0. The molecule has 6 nitrogen and oxygen atoms in total. The van der Waals surface area contributed by atoms with Gasteiger partial charge < -0.3 is 31.8 Å². The Balaban J connectivity index is 1.35. The molecule has 12 heteroatoms. The Morgan fingerprint density at radius 2 is 0.667 bits per heavy atom. The second-order valence-corrected chi connectivity index (χ2v) is 9.96. The molecular weight excluding hydrogens is 598 g/mol. The predicted molar refractivity (Wildman–Crippen MR) is 161 cm³/mol. The van der Waals surface area contributed by atoms with Gasteiger partial charge in [-0.05, 0) is 108 Å². The quantitative estimate of drug-likeness (QED) is 0.0742. The summed E-state index contributed by atoms with van der Waals surface area (Å²) in [7, 11) is 0. The van der Waals surface area contributed by atoms with Crippen LogP contribution in [-0.4, -0.2) is 12.4 Å². The molecule has 0 spiro atoms. The molecule has 0 aliphatic rings. The summed E-state index contributed by atoms with van der Waals surface area (Å²) in [5, 5.41) is 0. The maximum atomic E-state index is 14.6. The third-order valence-corrected chi connectivity index (χ3v) is 6.89. The molecule has 0 saturated heterocycles. The zero-order chi connectivity index (χ0) is 32.2. The molecule has 5 aromatic carbocycles. The van der Waals surface area contributed by atoms with Crippen LogP contribution in [0.3, 0.4) is 0 Å². The van der Waals surface area contributed by atoms with Crippen LogP contribution in [-0.2, 0) is 5.41 Å². The van der Waals surface area contributed by atoms with Gasteiger partial charge in [0.25, 0.3) is 0 Å². The van der Waals surface area contributed by atoms with E-state index in [1.165, 1.54) is 12.1 Å². The SMILES string of the molecule is Nc1ccc(NNc2ccc(Oc3ccc(C(c4ccc(Oc5ccc(N)cc5)cc4)(C(F)(F)F)C(F)(F)F)cc3)cc2)cc1. The van der Waals surface area contributed by atoms with Crippen molar-refractivity contribution in [2.45, 2.75) is 17.8 Å². The van der Waals surface area contributed by atoms with Crippen LogP contribution >= 0.6 is 0 Å². The Labute approximate surface area is 254 Å². The lowest BCUT2D eigenvalue weighted by Crippen LogP contribution is -2.54. The van der Waals surface area contributed by atoms with Crippen molar-refractivity contribution in [1.82, 2.24) is 0 Å². The van der Waals surface area contributed by atoms with Crippen molar-refractivity contribution in [2.75, 3.05) is 22.3 Å². The van der Waals surface area contributed by atoms with Gasteiger partial charge in [-0.15, -0.1) is 0 Å². The van der Waals surface area contributed by atoms with Gasteiger partial charge in [-0.1, -0.05) is 24.3 Å². The smallest absolute Gasteiger partial charge is 0.411 e. The Bertz CT molecular complexity index is 1690.